The largest absolute Gasteiger partial charge is 0.214 e. The minimum Gasteiger partial charge on any atom is -0.214 e. The van der Waals surface area contributed by atoms with E-state index < -0.39 is 0 Å². The summed E-state index contributed by atoms with van der Waals surface area (Å²) in [4.78, 5) is 0. The second-order valence-electron chi connectivity index (χ2n) is 14.5. The van der Waals surface area contributed by atoms with Gasteiger partial charge in [-0.1, -0.05) is 131 Å². The van der Waals surface area contributed by atoms with Crippen molar-refractivity contribution >= 4 is 3.26 Å². The van der Waals surface area contributed by atoms with Crippen molar-refractivity contribution < 1.29 is 48.7 Å². The molecule has 0 saturated heterocycles. The first-order valence-electron chi connectivity index (χ1n) is 16.6. The molecule has 0 heterocycles. The Bertz CT molecular complexity index is 1570. The summed E-state index contributed by atoms with van der Waals surface area (Å²) in [6.45, 7) is 13.9. The first kappa shape index (κ1) is 39.0. The SMILES string of the molecule is CC(C)(C)c1cc2c([c-]c1-c1ccccc1)Cc1cc(-c3ccccc3)c(C(C)(C)C)cc1-2.[Cl-].[Cl-].[Hf+2]=[C]1CCCCC1.c1cc[cH-]c1. The van der Waals surface area contributed by atoms with Crippen LogP contribution >= 0.6 is 0 Å². The Kier molecular flexibility index (Phi) is 14.3. The fourth-order valence-electron chi connectivity index (χ4n) is 6.40. The van der Waals surface area contributed by atoms with Crippen LogP contribution in [0.3, 0.4) is 0 Å². The first-order chi connectivity index (χ1) is 21.5. The van der Waals surface area contributed by atoms with Crippen LogP contribution in [0.15, 0.2) is 109 Å². The van der Waals surface area contributed by atoms with E-state index in [4.69, 9.17) is 0 Å². The monoisotopic (exact) mass is 826 g/mol. The molecule has 0 unspecified atom stereocenters. The van der Waals surface area contributed by atoms with E-state index in [1.165, 1.54) is 112 Å². The number of fused-ring (bicyclic) bond motifs is 3. The van der Waals surface area contributed by atoms with Crippen LogP contribution in [-0.2, 0) is 41.1 Å². The van der Waals surface area contributed by atoms with Gasteiger partial charge in [0, 0.05) is 0 Å². The topological polar surface area (TPSA) is 0 Å². The molecular formula is C44H48Cl2Hf-2. The predicted molar refractivity (Wildman–Crippen MR) is 192 cm³/mol. The van der Waals surface area contributed by atoms with E-state index in [0.717, 1.165) is 6.42 Å². The van der Waals surface area contributed by atoms with Crippen LogP contribution in [0.2, 0.25) is 0 Å². The molecule has 1 fully saturated rings. The van der Waals surface area contributed by atoms with Crippen molar-refractivity contribution in [2.75, 3.05) is 0 Å². The maximum atomic E-state index is 3.88. The third kappa shape index (κ3) is 10.0. The second-order valence-corrected chi connectivity index (χ2v) is 17.1. The van der Waals surface area contributed by atoms with Gasteiger partial charge >= 0.3 is 59.3 Å². The van der Waals surface area contributed by atoms with Crippen LogP contribution in [-0.4, -0.2) is 3.26 Å². The average Bonchev–Trinajstić information content (AvgIpc) is 3.72. The molecule has 0 nitrogen and oxygen atoms in total. The molecule has 2 aliphatic rings. The van der Waals surface area contributed by atoms with Crippen molar-refractivity contribution in [3.05, 3.63) is 138 Å². The zero-order valence-electron chi connectivity index (χ0n) is 28.9. The summed E-state index contributed by atoms with van der Waals surface area (Å²) in [5.74, 6) is 0. The van der Waals surface area contributed by atoms with Crippen molar-refractivity contribution in [3.63, 3.8) is 0 Å². The molecule has 5 aromatic rings. The van der Waals surface area contributed by atoms with Gasteiger partial charge in [-0.15, -0.1) is 28.8 Å². The number of halogens is 2. The molecule has 3 heteroatoms. The molecule has 2 aliphatic carbocycles. The zero-order valence-corrected chi connectivity index (χ0v) is 34.0. The van der Waals surface area contributed by atoms with Crippen molar-refractivity contribution in [1.29, 1.82) is 0 Å². The maximum Gasteiger partial charge on any atom is -0.172 e. The third-order valence-corrected chi connectivity index (χ3v) is 10.6. The standard InChI is InChI=1S/C33H33.C6H10.C5H5.2ClH.Hf/c1-32(2,3)30-20-26-24(18-28(30)22-13-9-7-10-14-22)17-25-19-29(23-15-11-8-12-16-23)31(21-27(25)26)33(4,5)6;1-2-4-6-5-3-1;1-2-4-5-3-1;;;/h7-16,18,20-21H,17H2,1-6H3;1-5H2;1-5H;2*1H;/q-1;;-1;;;+2/p-2. The summed E-state index contributed by atoms with van der Waals surface area (Å²) in [7, 11) is 0. The van der Waals surface area contributed by atoms with E-state index in [2.05, 4.69) is 126 Å². The van der Waals surface area contributed by atoms with Crippen LogP contribution < -0.4 is 24.8 Å². The van der Waals surface area contributed by atoms with E-state index in [1.54, 1.807) is 0 Å². The third-order valence-electron chi connectivity index (χ3n) is 8.84. The molecule has 0 bridgehead atoms. The molecule has 47 heavy (non-hydrogen) atoms. The quantitative estimate of drug-likeness (QED) is 0.147. The van der Waals surface area contributed by atoms with E-state index in [9.17, 15) is 0 Å². The Labute approximate surface area is 311 Å². The molecule has 0 amide bonds. The summed E-state index contributed by atoms with van der Waals surface area (Å²) in [6, 6.07) is 42.8. The second kappa shape index (κ2) is 17.3. The number of benzene rings is 4. The van der Waals surface area contributed by atoms with Crippen LogP contribution in [0, 0.1) is 6.07 Å². The molecule has 1 saturated carbocycles. The Morgan fingerprint density at radius 3 is 1.60 bits per heavy atom. The zero-order chi connectivity index (χ0) is 32.0. The van der Waals surface area contributed by atoms with Crippen molar-refractivity contribution in [3.8, 4) is 33.4 Å². The fourth-order valence-corrected chi connectivity index (χ4v) is 7.67. The molecule has 0 radical (unpaired) electrons. The van der Waals surface area contributed by atoms with Gasteiger partial charge in [-0.3, -0.25) is 0 Å². The molecule has 244 valence electrons. The van der Waals surface area contributed by atoms with Gasteiger partial charge in [-0.2, -0.15) is 18.2 Å². The molecule has 7 rings (SSSR count). The van der Waals surface area contributed by atoms with Crippen LogP contribution in [0.5, 0.6) is 0 Å². The maximum absolute atomic E-state index is 3.88. The molecule has 0 aliphatic heterocycles. The summed E-state index contributed by atoms with van der Waals surface area (Å²) in [5.41, 5.74) is 13.5. The normalized spacial score (nSPS) is 13.4. The van der Waals surface area contributed by atoms with Crippen LogP contribution in [0.25, 0.3) is 33.4 Å². The molecule has 0 aromatic heterocycles. The van der Waals surface area contributed by atoms with Gasteiger partial charge < -0.3 is 24.8 Å². The Hall–Kier alpha value is -2.45. The van der Waals surface area contributed by atoms with E-state index in [0.29, 0.717) is 0 Å². The van der Waals surface area contributed by atoms with E-state index >= 15 is 0 Å². The molecule has 0 atom stereocenters. The van der Waals surface area contributed by atoms with Gasteiger partial charge in [0.05, 0.1) is 0 Å². The summed E-state index contributed by atoms with van der Waals surface area (Å²) < 4.78 is 1.85. The Morgan fingerprint density at radius 1 is 0.596 bits per heavy atom. The first-order valence-corrected chi connectivity index (χ1v) is 18.4. The molecular weight excluding hydrogens is 778 g/mol. The smallest absolute Gasteiger partial charge is 0.172 e. The number of rotatable bonds is 2. The Balaban J connectivity index is 0.000000360. The molecule has 0 N–H and O–H groups in total. The minimum absolute atomic E-state index is 0. The predicted octanol–water partition coefficient (Wildman–Crippen LogP) is 6.07. The van der Waals surface area contributed by atoms with Gasteiger partial charge in [0.25, 0.3) is 0 Å². The van der Waals surface area contributed by atoms with Gasteiger partial charge in [-0.25, -0.2) is 12.1 Å². The van der Waals surface area contributed by atoms with Crippen molar-refractivity contribution in [1.82, 2.24) is 0 Å². The average molecular weight is 826 g/mol. The van der Waals surface area contributed by atoms with Gasteiger partial charge in [0.1, 0.15) is 0 Å². The van der Waals surface area contributed by atoms with Gasteiger partial charge in [-0.05, 0) is 39.5 Å². The minimum atomic E-state index is 0. The Morgan fingerprint density at radius 2 is 1.13 bits per heavy atom. The summed E-state index contributed by atoms with van der Waals surface area (Å²) >= 11 is 1.37. The summed E-state index contributed by atoms with van der Waals surface area (Å²) in [6.07, 6.45) is 8.33. The van der Waals surface area contributed by atoms with Gasteiger partial charge in [0.15, 0.2) is 0 Å². The van der Waals surface area contributed by atoms with Crippen molar-refractivity contribution in [2.45, 2.75) is 90.9 Å². The van der Waals surface area contributed by atoms with E-state index in [-0.39, 0.29) is 35.6 Å². The van der Waals surface area contributed by atoms with E-state index in [1.807, 2.05) is 33.6 Å². The van der Waals surface area contributed by atoms with Gasteiger partial charge in [0.2, 0.25) is 0 Å². The number of hydrogen-bond acceptors (Lipinski definition) is 0. The summed E-state index contributed by atoms with van der Waals surface area (Å²) in [5, 5.41) is 0. The van der Waals surface area contributed by atoms with Crippen LogP contribution in [0.4, 0.5) is 0 Å². The number of hydrogen-bond donors (Lipinski definition) is 0. The fraction of sp³-hybridized carbons (Fsp3) is 0.318. The van der Waals surface area contributed by atoms with Crippen LogP contribution in [0.1, 0.15) is 95.9 Å². The molecule has 5 aromatic carbocycles. The molecule has 0 spiro atoms. The van der Waals surface area contributed by atoms with Crippen molar-refractivity contribution in [2.24, 2.45) is 0 Å².